The molecule has 0 radical (unpaired) electrons. The Kier molecular flexibility index (Phi) is 4.68. The maximum Gasteiger partial charge on any atom is 0.276 e. The van der Waals surface area contributed by atoms with Crippen LogP contribution >= 0.6 is 0 Å². The standard InChI is InChI=1S/C20H22N6O2/c1-4-25(12-15-10-21-24(3)11-15)20(27)18-9-16(28-23-18)13-26-14(2)22-17-7-5-6-8-19(17)26/h5-11H,4,12-13H2,1-3H3. The predicted octanol–water partition coefficient (Wildman–Crippen LogP) is 2.78. The zero-order valence-corrected chi connectivity index (χ0v) is 16.2. The largest absolute Gasteiger partial charge is 0.359 e. The van der Waals surface area contributed by atoms with Crippen molar-refractivity contribution in [1.82, 2.24) is 29.4 Å². The summed E-state index contributed by atoms with van der Waals surface area (Å²) in [4.78, 5) is 19.1. The third kappa shape index (κ3) is 3.40. The molecule has 0 aliphatic carbocycles. The quantitative estimate of drug-likeness (QED) is 0.515. The highest BCUT2D eigenvalue weighted by Crippen LogP contribution is 2.18. The highest BCUT2D eigenvalue weighted by atomic mass is 16.5. The molecule has 0 N–H and O–H groups in total. The van der Waals surface area contributed by atoms with Crippen LogP contribution in [0.4, 0.5) is 0 Å². The van der Waals surface area contributed by atoms with Gasteiger partial charge in [0.05, 0.1) is 23.8 Å². The van der Waals surface area contributed by atoms with Gasteiger partial charge in [-0.2, -0.15) is 5.10 Å². The first-order chi connectivity index (χ1) is 13.5. The molecule has 1 amide bonds. The molecule has 3 aromatic heterocycles. The Hall–Kier alpha value is -3.42. The minimum atomic E-state index is -0.159. The zero-order chi connectivity index (χ0) is 19.7. The summed E-state index contributed by atoms with van der Waals surface area (Å²) in [5, 5.41) is 8.15. The van der Waals surface area contributed by atoms with Crippen molar-refractivity contribution < 1.29 is 9.32 Å². The molecule has 0 spiro atoms. The van der Waals surface area contributed by atoms with Gasteiger partial charge < -0.3 is 14.0 Å². The molecule has 3 heterocycles. The number of fused-ring (bicyclic) bond motifs is 1. The first-order valence-electron chi connectivity index (χ1n) is 9.19. The molecule has 8 nitrogen and oxygen atoms in total. The molecule has 0 fully saturated rings. The molecule has 0 bridgehead atoms. The van der Waals surface area contributed by atoms with Gasteiger partial charge in [0.2, 0.25) is 0 Å². The molecule has 0 saturated carbocycles. The molecule has 1 aromatic carbocycles. The number of amides is 1. The summed E-state index contributed by atoms with van der Waals surface area (Å²) in [7, 11) is 1.85. The Morgan fingerprint density at radius 1 is 1.29 bits per heavy atom. The average Bonchev–Trinajstić information content (AvgIpc) is 3.40. The first kappa shape index (κ1) is 18.0. The molecule has 4 aromatic rings. The number of hydrogen-bond acceptors (Lipinski definition) is 5. The fourth-order valence-corrected chi connectivity index (χ4v) is 3.30. The van der Waals surface area contributed by atoms with Gasteiger partial charge in [-0.3, -0.25) is 9.48 Å². The summed E-state index contributed by atoms with van der Waals surface area (Å²) in [6.45, 7) is 5.42. The number of carbonyl (C=O) groups excluding carboxylic acids is 1. The van der Waals surface area contributed by atoms with Crippen LogP contribution in [0.15, 0.2) is 47.2 Å². The molecule has 8 heteroatoms. The van der Waals surface area contributed by atoms with E-state index in [1.54, 1.807) is 21.8 Å². The Labute approximate surface area is 162 Å². The molecule has 144 valence electrons. The summed E-state index contributed by atoms with van der Waals surface area (Å²) in [6, 6.07) is 9.65. The lowest BCUT2D eigenvalue weighted by molar-refractivity contribution is 0.0742. The number of benzene rings is 1. The Morgan fingerprint density at radius 3 is 2.86 bits per heavy atom. The number of rotatable bonds is 6. The van der Waals surface area contributed by atoms with E-state index in [0.717, 1.165) is 22.4 Å². The van der Waals surface area contributed by atoms with Crippen molar-refractivity contribution >= 4 is 16.9 Å². The van der Waals surface area contributed by atoms with Crippen molar-refractivity contribution in [2.24, 2.45) is 7.05 Å². The van der Waals surface area contributed by atoms with E-state index in [4.69, 9.17) is 4.52 Å². The smallest absolute Gasteiger partial charge is 0.276 e. The number of para-hydroxylation sites is 2. The summed E-state index contributed by atoms with van der Waals surface area (Å²) >= 11 is 0. The topological polar surface area (TPSA) is 82.0 Å². The van der Waals surface area contributed by atoms with Crippen LogP contribution in [-0.4, -0.2) is 41.8 Å². The lowest BCUT2D eigenvalue weighted by Gasteiger charge is -2.18. The van der Waals surface area contributed by atoms with E-state index in [9.17, 15) is 4.79 Å². The van der Waals surface area contributed by atoms with Gasteiger partial charge in [0, 0.05) is 38.0 Å². The van der Waals surface area contributed by atoms with Crippen LogP contribution in [0.1, 0.15) is 34.6 Å². The average molecular weight is 378 g/mol. The Balaban J connectivity index is 1.53. The van der Waals surface area contributed by atoms with Crippen LogP contribution in [-0.2, 0) is 20.1 Å². The van der Waals surface area contributed by atoms with Gasteiger partial charge in [0.15, 0.2) is 11.5 Å². The van der Waals surface area contributed by atoms with Crippen molar-refractivity contribution in [3.8, 4) is 0 Å². The minimum Gasteiger partial charge on any atom is -0.359 e. The van der Waals surface area contributed by atoms with E-state index in [1.807, 2.05) is 51.4 Å². The van der Waals surface area contributed by atoms with E-state index in [2.05, 4.69) is 19.8 Å². The van der Waals surface area contributed by atoms with E-state index in [-0.39, 0.29) is 5.91 Å². The fraction of sp³-hybridized carbons (Fsp3) is 0.300. The van der Waals surface area contributed by atoms with Gasteiger partial charge in [-0.05, 0) is 26.0 Å². The van der Waals surface area contributed by atoms with E-state index in [0.29, 0.717) is 31.1 Å². The lowest BCUT2D eigenvalue weighted by Crippen LogP contribution is -2.30. The van der Waals surface area contributed by atoms with Crippen LogP contribution in [0.5, 0.6) is 0 Å². The number of hydrogen-bond donors (Lipinski definition) is 0. The van der Waals surface area contributed by atoms with Crippen molar-refractivity contribution in [3.05, 3.63) is 65.6 Å². The van der Waals surface area contributed by atoms with Gasteiger partial charge >= 0.3 is 0 Å². The maximum absolute atomic E-state index is 12.8. The van der Waals surface area contributed by atoms with Crippen LogP contribution in [0.3, 0.4) is 0 Å². The minimum absolute atomic E-state index is 0.159. The van der Waals surface area contributed by atoms with Gasteiger partial charge in [0.25, 0.3) is 5.91 Å². The van der Waals surface area contributed by atoms with Crippen molar-refractivity contribution in [1.29, 1.82) is 0 Å². The molecule has 0 atom stereocenters. The SMILES string of the molecule is CCN(Cc1cnn(C)c1)C(=O)c1cc(Cn2c(C)nc3ccccc32)on1. The molecule has 28 heavy (non-hydrogen) atoms. The predicted molar refractivity (Wildman–Crippen MR) is 104 cm³/mol. The summed E-state index contributed by atoms with van der Waals surface area (Å²) in [5.41, 5.74) is 3.24. The molecule has 0 saturated heterocycles. The number of carbonyl (C=O) groups is 1. The summed E-state index contributed by atoms with van der Waals surface area (Å²) in [6.07, 6.45) is 3.66. The molecule has 0 aliphatic rings. The van der Waals surface area contributed by atoms with Gasteiger partial charge in [-0.1, -0.05) is 17.3 Å². The second kappa shape index (κ2) is 7.30. The van der Waals surface area contributed by atoms with Gasteiger partial charge in [-0.15, -0.1) is 0 Å². The molecule has 0 aliphatic heterocycles. The number of aromatic nitrogens is 5. The van der Waals surface area contributed by atoms with Crippen molar-refractivity contribution in [2.75, 3.05) is 6.54 Å². The van der Waals surface area contributed by atoms with Crippen molar-refractivity contribution in [2.45, 2.75) is 26.9 Å². The van der Waals surface area contributed by atoms with Crippen molar-refractivity contribution in [3.63, 3.8) is 0 Å². The number of imidazole rings is 1. The zero-order valence-electron chi connectivity index (χ0n) is 16.2. The van der Waals surface area contributed by atoms with Crippen LogP contribution in [0.2, 0.25) is 0 Å². The molecular weight excluding hydrogens is 356 g/mol. The summed E-state index contributed by atoms with van der Waals surface area (Å²) in [5.74, 6) is 1.35. The van der Waals surface area contributed by atoms with Crippen LogP contribution < -0.4 is 0 Å². The first-order valence-corrected chi connectivity index (χ1v) is 9.19. The normalized spacial score (nSPS) is 11.2. The fourth-order valence-electron chi connectivity index (χ4n) is 3.30. The van der Waals surface area contributed by atoms with E-state index >= 15 is 0 Å². The second-order valence-electron chi connectivity index (χ2n) is 6.75. The van der Waals surface area contributed by atoms with Gasteiger partial charge in [0.1, 0.15) is 5.82 Å². The maximum atomic E-state index is 12.8. The Morgan fingerprint density at radius 2 is 2.11 bits per heavy atom. The van der Waals surface area contributed by atoms with E-state index < -0.39 is 0 Å². The van der Waals surface area contributed by atoms with Crippen LogP contribution in [0, 0.1) is 6.92 Å². The number of nitrogens with zero attached hydrogens (tertiary/aromatic N) is 6. The molecule has 4 rings (SSSR count). The monoisotopic (exact) mass is 378 g/mol. The summed E-state index contributed by atoms with van der Waals surface area (Å²) < 4.78 is 9.22. The molecular formula is C20H22N6O2. The third-order valence-electron chi connectivity index (χ3n) is 4.74. The Bertz CT molecular complexity index is 1120. The lowest BCUT2D eigenvalue weighted by atomic mass is 10.2. The molecule has 0 unspecified atom stereocenters. The third-order valence-corrected chi connectivity index (χ3v) is 4.74. The number of aryl methyl sites for hydroxylation is 2. The highest BCUT2D eigenvalue weighted by molar-refractivity contribution is 5.92. The van der Waals surface area contributed by atoms with Gasteiger partial charge in [-0.25, -0.2) is 4.98 Å². The van der Waals surface area contributed by atoms with E-state index in [1.165, 1.54) is 0 Å². The van der Waals surface area contributed by atoms with Crippen LogP contribution in [0.25, 0.3) is 11.0 Å². The highest BCUT2D eigenvalue weighted by Gasteiger charge is 2.20. The second-order valence-corrected chi connectivity index (χ2v) is 6.75.